The lowest BCUT2D eigenvalue weighted by Crippen LogP contribution is -2.14. The molecule has 2 N–H and O–H groups in total. The molecule has 0 aliphatic rings. The van der Waals surface area contributed by atoms with Crippen molar-refractivity contribution in [2.24, 2.45) is 5.14 Å². The van der Waals surface area contributed by atoms with Gasteiger partial charge in [0.05, 0.1) is 11.6 Å². The second-order valence-corrected chi connectivity index (χ2v) is 7.02. The maximum Gasteiger partial charge on any atom is 0.241 e. The number of ether oxygens (including phenoxy) is 1. The van der Waals surface area contributed by atoms with Gasteiger partial charge in [-0.1, -0.05) is 53.7 Å². The Labute approximate surface area is 127 Å². The van der Waals surface area contributed by atoms with E-state index in [4.69, 9.17) is 21.5 Å². The summed E-state index contributed by atoms with van der Waals surface area (Å²) in [7, 11) is -3.87. The summed E-state index contributed by atoms with van der Waals surface area (Å²) in [6, 6.07) is 2.97. The molecule has 0 bridgehead atoms. The highest BCUT2D eigenvalue weighted by Crippen LogP contribution is 2.35. The van der Waals surface area contributed by atoms with Gasteiger partial charge in [0.15, 0.2) is 5.75 Å². The molecule has 0 spiro atoms. The van der Waals surface area contributed by atoms with E-state index in [-0.39, 0.29) is 15.7 Å². The van der Waals surface area contributed by atoms with Crippen LogP contribution in [0.1, 0.15) is 32.6 Å². The zero-order valence-electron chi connectivity index (χ0n) is 10.7. The van der Waals surface area contributed by atoms with Crippen LogP contribution in [0, 0.1) is 0 Å². The van der Waals surface area contributed by atoms with Gasteiger partial charge < -0.3 is 4.74 Å². The first-order chi connectivity index (χ1) is 8.86. The fourth-order valence-corrected chi connectivity index (χ4v) is 3.38. The van der Waals surface area contributed by atoms with E-state index in [1.165, 1.54) is 6.07 Å². The fraction of sp³-hybridized carbons (Fsp3) is 0.500. The average Bonchev–Trinajstić information content (AvgIpc) is 2.29. The van der Waals surface area contributed by atoms with Crippen LogP contribution in [-0.2, 0) is 10.0 Å². The van der Waals surface area contributed by atoms with Crippen molar-refractivity contribution in [3.63, 3.8) is 0 Å². The van der Waals surface area contributed by atoms with Crippen LogP contribution in [0.15, 0.2) is 21.5 Å². The van der Waals surface area contributed by atoms with Crippen LogP contribution < -0.4 is 9.88 Å². The third-order valence-corrected chi connectivity index (χ3v) is 4.18. The summed E-state index contributed by atoms with van der Waals surface area (Å²) < 4.78 is 29.0. The van der Waals surface area contributed by atoms with Crippen molar-refractivity contribution < 1.29 is 13.2 Å². The van der Waals surface area contributed by atoms with Gasteiger partial charge in [-0.05, 0) is 18.6 Å². The molecule has 0 radical (unpaired) electrons. The molecule has 0 aliphatic carbocycles. The molecule has 7 heteroatoms. The van der Waals surface area contributed by atoms with Gasteiger partial charge in [-0.3, -0.25) is 0 Å². The molecule has 0 aromatic heterocycles. The number of hydrogen-bond acceptors (Lipinski definition) is 3. The molecule has 1 aromatic carbocycles. The summed E-state index contributed by atoms with van der Waals surface area (Å²) in [6.07, 6.45) is 4.14. The molecule has 0 saturated heterocycles. The predicted octanol–water partition coefficient (Wildman–Crippen LogP) is 3.71. The Morgan fingerprint density at radius 2 is 2.00 bits per heavy atom. The van der Waals surface area contributed by atoms with Gasteiger partial charge in [-0.25, -0.2) is 13.6 Å². The molecular weight excluding hydrogens is 354 g/mol. The van der Waals surface area contributed by atoms with Crippen molar-refractivity contribution in [1.82, 2.24) is 0 Å². The molecule has 0 saturated carbocycles. The number of halogens is 2. The first-order valence-electron chi connectivity index (χ1n) is 6.01. The number of hydrogen-bond donors (Lipinski definition) is 1. The summed E-state index contributed by atoms with van der Waals surface area (Å²) in [5, 5.41) is 5.39. The Balaban J connectivity index is 2.87. The van der Waals surface area contributed by atoms with Crippen LogP contribution >= 0.6 is 27.5 Å². The molecule has 0 unspecified atom stereocenters. The standard InChI is InChI=1S/C12H17BrClNO3S/c1-2-3-4-5-6-18-12-10(14)7-9(13)8-11(12)19(15,16)17/h7-8H,2-6H2,1H3,(H2,15,16,17). The fourth-order valence-electron chi connectivity index (χ4n) is 1.59. The van der Waals surface area contributed by atoms with Gasteiger partial charge >= 0.3 is 0 Å². The van der Waals surface area contributed by atoms with Crippen molar-refractivity contribution >= 4 is 37.6 Å². The molecule has 0 aliphatic heterocycles. The highest BCUT2D eigenvalue weighted by atomic mass is 79.9. The molecule has 0 heterocycles. The number of benzene rings is 1. The number of nitrogens with two attached hydrogens (primary N) is 1. The largest absolute Gasteiger partial charge is 0.491 e. The minimum atomic E-state index is -3.87. The summed E-state index contributed by atoms with van der Waals surface area (Å²) in [5.41, 5.74) is 0. The third-order valence-electron chi connectivity index (χ3n) is 2.53. The van der Waals surface area contributed by atoms with Gasteiger partial charge in [0.1, 0.15) is 4.90 Å². The van der Waals surface area contributed by atoms with Gasteiger partial charge in [-0.2, -0.15) is 0 Å². The normalized spacial score (nSPS) is 11.6. The minimum absolute atomic E-state index is 0.0950. The molecule has 19 heavy (non-hydrogen) atoms. The molecule has 1 rings (SSSR count). The molecule has 0 atom stereocenters. The quantitative estimate of drug-likeness (QED) is 0.744. The highest BCUT2D eigenvalue weighted by Gasteiger charge is 2.19. The second kappa shape index (κ2) is 7.47. The van der Waals surface area contributed by atoms with Crippen molar-refractivity contribution in [2.75, 3.05) is 6.61 Å². The van der Waals surface area contributed by atoms with E-state index < -0.39 is 10.0 Å². The van der Waals surface area contributed by atoms with Crippen molar-refractivity contribution in [2.45, 2.75) is 37.5 Å². The van der Waals surface area contributed by atoms with Crippen LogP contribution in [0.4, 0.5) is 0 Å². The number of sulfonamides is 1. The number of primary sulfonamides is 1. The highest BCUT2D eigenvalue weighted by molar-refractivity contribution is 9.10. The molecule has 1 aromatic rings. The van der Waals surface area contributed by atoms with Crippen LogP contribution in [0.3, 0.4) is 0 Å². The van der Waals surface area contributed by atoms with E-state index >= 15 is 0 Å². The van der Waals surface area contributed by atoms with E-state index in [1.807, 2.05) is 0 Å². The Bertz CT molecular complexity index is 534. The van der Waals surface area contributed by atoms with E-state index in [0.29, 0.717) is 11.1 Å². The number of rotatable bonds is 7. The molecule has 0 fully saturated rings. The van der Waals surface area contributed by atoms with Gasteiger partial charge in [0, 0.05) is 4.47 Å². The van der Waals surface area contributed by atoms with Crippen LogP contribution in [0.2, 0.25) is 5.02 Å². The van der Waals surface area contributed by atoms with Crippen molar-refractivity contribution in [1.29, 1.82) is 0 Å². The Kier molecular flexibility index (Phi) is 6.59. The maximum absolute atomic E-state index is 11.5. The summed E-state index contributed by atoms with van der Waals surface area (Å²) in [6.45, 7) is 2.54. The van der Waals surface area contributed by atoms with Crippen molar-refractivity contribution in [3.05, 3.63) is 21.6 Å². The first kappa shape index (κ1) is 16.8. The molecule has 4 nitrogen and oxygen atoms in total. The van der Waals surface area contributed by atoms with Crippen molar-refractivity contribution in [3.8, 4) is 5.75 Å². The SMILES string of the molecule is CCCCCCOc1c(Cl)cc(Br)cc1S(N)(=O)=O. The zero-order chi connectivity index (χ0) is 14.5. The monoisotopic (exact) mass is 369 g/mol. The molecule has 108 valence electrons. The summed E-state index contributed by atoms with van der Waals surface area (Å²) >= 11 is 9.19. The van der Waals surface area contributed by atoms with Crippen LogP contribution in [-0.4, -0.2) is 15.0 Å². The molecular formula is C12H17BrClNO3S. The lowest BCUT2D eigenvalue weighted by Gasteiger charge is -2.12. The van der Waals surface area contributed by atoms with E-state index in [9.17, 15) is 8.42 Å². The van der Waals surface area contributed by atoms with E-state index in [2.05, 4.69) is 22.9 Å². The third kappa shape index (κ3) is 5.30. The Hall–Kier alpha value is -0.300. The maximum atomic E-state index is 11.5. The van der Waals surface area contributed by atoms with Gasteiger partial charge in [0.25, 0.3) is 0 Å². The lowest BCUT2D eigenvalue weighted by molar-refractivity contribution is 0.297. The minimum Gasteiger partial charge on any atom is -0.491 e. The number of unbranched alkanes of at least 4 members (excludes halogenated alkanes) is 3. The van der Waals surface area contributed by atoms with Gasteiger partial charge in [0.2, 0.25) is 10.0 Å². The second-order valence-electron chi connectivity index (χ2n) is 4.17. The summed E-state index contributed by atoms with van der Waals surface area (Å²) in [5.74, 6) is 0.129. The van der Waals surface area contributed by atoms with E-state index in [0.717, 1.165) is 25.7 Å². The average molecular weight is 371 g/mol. The topological polar surface area (TPSA) is 69.4 Å². The van der Waals surface area contributed by atoms with Crippen LogP contribution in [0.25, 0.3) is 0 Å². The van der Waals surface area contributed by atoms with Crippen LogP contribution in [0.5, 0.6) is 5.75 Å². The lowest BCUT2D eigenvalue weighted by atomic mass is 10.2. The summed E-state index contributed by atoms with van der Waals surface area (Å²) in [4.78, 5) is -0.0950. The zero-order valence-corrected chi connectivity index (χ0v) is 13.8. The Morgan fingerprint density at radius 3 is 2.58 bits per heavy atom. The van der Waals surface area contributed by atoms with E-state index in [1.54, 1.807) is 6.07 Å². The molecule has 0 amide bonds. The predicted molar refractivity (Wildman–Crippen MR) is 80.2 cm³/mol. The van der Waals surface area contributed by atoms with Gasteiger partial charge in [-0.15, -0.1) is 0 Å². The first-order valence-corrected chi connectivity index (χ1v) is 8.72. The Morgan fingerprint density at radius 1 is 1.32 bits per heavy atom. The smallest absolute Gasteiger partial charge is 0.241 e.